The number of benzene rings is 3. The molecule has 0 aliphatic carbocycles. The Morgan fingerprint density at radius 1 is 1.11 bits per heavy atom. The third-order valence-electron chi connectivity index (χ3n) is 5.95. The first-order chi connectivity index (χ1) is 17.2. The van der Waals surface area contributed by atoms with Crippen LogP contribution < -0.4 is 9.64 Å². The van der Waals surface area contributed by atoms with Gasteiger partial charge in [0.15, 0.2) is 0 Å². The quantitative estimate of drug-likeness (QED) is 0.264. The van der Waals surface area contributed by atoms with Crippen molar-refractivity contribution in [2.75, 3.05) is 12.0 Å². The second kappa shape index (κ2) is 10.2. The summed E-state index contributed by atoms with van der Waals surface area (Å²) >= 11 is 5.92. The van der Waals surface area contributed by atoms with E-state index in [1.807, 2.05) is 31.2 Å². The number of amides is 3. The van der Waals surface area contributed by atoms with Gasteiger partial charge in [0.2, 0.25) is 5.91 Å². The Bertz CT molecular complexity index is 1340. The second-order valence-corrected chi connectivity index (χ2v) is 8.73. The molecular formula is C26H22ClN3O6. The number of nitrogens with zero attached hydrogens (tertiary/aromatic N) is 3. The maximum absolute atomic E-state index is 13.6. The van der Waals surface area contributed by atoms with Crippen LogP contribution in [0.3, 0.4) is 0 Å². The molecule has 0 saturated carbocycles. The summed E-state index contributed by atoms with van der Waals surface area (Å²) in [5, 5.41) is 11.3. The molecular weight excluding hydrogens is 486 g/mol. The first-order valence-corrected chi connectivity index (χ1v) is 11.4. The van der Waals surface area contributed by atoms with Crippen LogP contribution >= 0.6 is 11.6 Å². The zero-order valence-electron chi connectivity index (χ0n) is 19.5. The van der Waals surface area contributed by atoms with Crippen LogP contribution in [0.1, 0.15) is 27.9 Å². The lowest BCUT2D eigenvalue weighted by atomic mass is 10.1. The smallest absolute Gasteiger partial charge is 0.288 e. The van der Waals surface area contributed by atoms with Gasteiger partial charge in [-0.25, -0.2) is 4.90 Å². The standard InChI is InChI=1S/C26H22ClN3O6/c1-16-3-5-17(6-4-16)15-28(25(32)18-7-12-21(27)22(13-18)30(34)35)23-14-24(31)29(26(23)33)19-8-10-20(36-2)11-9-19/h3-13,23H,14-15H2,1-2H3. The number of ether oxygens (including phenoxy) is 1. The van der Waals surface area contributed by atoms with E-state index in [4.69, 9.17) is 16.3 Å². The fourth-order valence-corrected chi connectivity index (χ4v) is 4.21. The van der Waals surface area contributed by atoms with Crippen molar-refractivity contribution in [1.29, 1.82) is 0 Å². The number of rotatable bonds is 7. The summed E-state index contributed by atoms with van der Waals surface area (Å²) in [5.41, 5.74) is 1.68. The summed E-state index contributed by atoms with van der Waals surface area (Å²) < 4.78 is 5.14. The summed E-state index contributed by atoms with van der Waals surface area (Å²) in [6, 6.07) is 16.4. The Hall–Kier alpha value is -4.24. The highest BCUT2D eigenvalue weighted by atomic mass is 35.5. The Kier molecular flexibility index (Phi) is 7.03. The number of hydrogen-bond acceptors (Lipinski definition) is 6. The van der Waals surface area contributed by atoms with Gasteiger partial charge in [0, 0.05) is 18.2 Å². The monoisotopic (exact) mass is 507 g/mol. The Labute approximate surface area is 212 Å². The van der Waals surface area contributed by atoms with E-state index in [1.54, 1.807) is 24.3 Å². The van der Waals surface area contributed by atoms with E-state index < -0.39 is 34.4 Å². The summed E-state index contributed by atoms with van der Waals surface area (Å²) in [7, 11) is 1.51. The number of imide groups is 1. The number of aryl methyl sites for hydroxylation is 1. The van der Waals surface area contributed by atoms with Crippen LogP contribution in [0.4, 0.5) is 11.4 Å². The van der Waals surface area contributed by atoms with E-state index in [2.05, 4.69) is 0 Å². The lowest BCUT2D eigenvalue weighted by Gasteiger charge is -2.28. The Morgan fingerprint density at radius 3 is 2.39 bits per heavy atom. The van der Waals surface area contributed by atoms with Crippen LogP contribution in [0.5, 0.6) is 5.75 Å². The molecule has 0 radical (unpaired) electrons. The Morgan fingerprint density at radius 2 is 1.78 bits per heavy atom. The fraction of sp³-hybridized carbons (Fsp3) is 0.192. The molecule has 3 aromatic carbocycles. The molecule has 1 heterocycles. The van der Waals surface area contributed by atoms with Crippen LogP contribution in [-0.4, -0.2) is 40.7 Å². The first-order valence-electron chi connectivity index (χ1n) is 11.0. The van der Waals surface area contributed by atoms with Gasteiger partial charge in [0.25, 0.3) is 17.5 Å². The SMILES string of the molecule is COc1ccc(N2C(=O)CC(N(Cc3ccc(C)cc3)C(=O)c3ccc(Cl)c([N+](=O)[O-])c3)C2=O)cc1. The number of halogens is 1. The third kappa shape index (κ3) is 4.92. The van der Waals surface area contributed by atoms with E-state index >= 15 is 0 Å². The van der Waals surface area contributed by atoms with Crippen LogP contribution in [-0.2, 0) is 16.1 Å². The minimum absolute atomic E-state index is 0.0126. The van der Waals surface area contributed by atoms with Crippen molar-refractivity contribution in [3.05, 3.63) is 98.6 Å². The first kappa shape index (κ1) is 24.9. The van der Waals surface area contributed by atoms with E-state index in [9.17, 15) is 24.5 Å². The van der Waals surface area contributed by atoms with Gasteiger partial charge in [-0.3, -0.25) is 24.5 Å². The molecule has 1 saturated heterocycles. The molecule has 1 fully saturated rings. The lowest BCUT2D eigenvalue weighted by molar-refractivity contribution is -0.384. The normalized spacial score (nSPS) is 15.2. The van der Waals surface area contributed by atoms with Crippen LogP contribution in [0.15, 0.2) is 66.7 Å². The zero-order chi connectivity index (χ0) is 26.0. The molecule has 0 aromatic heterocycles. The van der Waals surface area contributed by atoms with Crippen molar-refractivity contribution in [3.63, 3.8) is 0 Å². The van der Waals surface area contributed by atoms with Crippen molar-refractivity contribution < 1.29 is 24.0 Å². The number of methoxy groups -OCH3 is 1. The van der Waals surface area contributed by atoms with Crippen LogP contribution in [0.25, 0.3) is 0 Å². The van der Waals surface area contributed by atoms with Gasteiger partial charge in [-0.15, -0.1) is 0 Å². The number of nitro groups is 1. The average molecular weight is 508 g/mol. The largest absolute Gasteiger partial charge is 0.497 e. The average Bonchev–Trinajstić information content (AvgIpc) is 3.16. The number of hydrogen-bond donors (Lipinski definition) is 0. The van der Waals surface area contributed by atoms with Crippen molar-refractivity contribution >= 4 is 40.7 Å². The molecule has 0 spiro atoms. The highest BCUT2D eigenvalue weighted by Gasteiger charge is 2.44. The summed E-state index contributed by atoms with van der Waals surface area (Å²) in [4.78, 5) is 53.0. The van der Waals surface area contributed by atoms with E-state index in [1.165, 1.54) is 24.1 Å². The number of nitro benzene ring substituents is 1. The van der Waals surface area contributed by atoms with E-state index in [0.717, 1.165) is 22.1 Å². The van der Waals surface area contributed by atoms with E-state index in [-0.39, 0.29) is 23.6 Å². The molecule has 1 unspecified atom stereocenters. The summed E-state index contributed by atoms with van der Waals surface area (Å²) in [6.07, 6.45) is -0.224. The minimum atomic E-state index is -1.09. The van der Waals surface area contributed by atoms with Crippen molar-refractivity contribution in [2.45, 2.75) is 25.9 Å². The highest BCUT2D eigenvalue weighted by molar-refractivity contribution is 6.32. The van der Waals surface area contributed by atoms with Gasteiger partial charge in [0.1, 0.15) is 16.8 Å². The fourth-order valence-electron chi connectivity index (χ4n) is 4.03. The predicted molar refractivity (Wildman–Crippen MR) is 133 cm³/mol. The molecule has 1 aliphatic rings. The number of anilines is 1. The molecule has 3 amide bonds. The maximum atomic E-state index is 13.6. The third-order valence-corrected chi connectivity index (χ3v) is 6.27. The van der Waals surface area contributed by atoms with Gasteiger partial charge in [-0.05, 0) is 48.9 Å². The highest BCUT2D eigenvalue weighted by Crippen LogP contribution is 2.31. The topological polar surface area (TPSA) is 110 Å². The zero-order valence-corrected chi connectivity index (χ0v) is 20.3. The van der Waals surface area contributed by atoms with Gasteiger partial charge in [-0.1, -0.05) is 41.4 Å². The minimum Gasteiger partial charge on any atom is -0.497 e. The number of carbonyl (C=O) groups excluding carboxylic acids is 3. The molecule has 10 heteroatoms. The second-order valence-electron chi connectivity index (χ2n) is 8.33. The van der Waals surface area contributed by atoms with Gasteiger partial charge in [-0.2, -0.15) is 0 Å². The molecule has 1 aliphatic heterocycles. The summed E-state index contributed by atoms with van der Waals surface area (Å²) in [6.45, 7) is 1.95. The number of carbonyl (C=O) groups is 3. The molecule has 0 N–H and O–H groups in total. The van der Waals surface area contributed by atoms with Crippen LogP contribution in [0.2, 0.25) is 5.02 Å². The molecule has 9 nitrogen and oxygen atoms in total. The van der Waals surface area contributed by atoms with Gasteiger partial charge in [0.05, 0.1) is 24.1 Å². The van der Waals surface area contributed by atoms with Crippen LogP contribution in [0, 0.1) is 17.0 Å². The molecule has 3 aromatic rings. The maximum Gasteiger partial charge on any atom is 0.288 e. The Balaban J connectivity index is 1.71. The molecule has 1 atom stereocenters. The van der Waals surface area contributed by atoms with Gasteiger partial charge < -0.3 is 9.64 Å². The predicted octanol–water partition coefficient (Wildman–Crippen LogP) is 4.54. The lowest BCUT2D eigenvalue weighted by Crippen LogP contribution is -2.45. The van der Waals surface area contributed by atoms with Crippen molar-refractivity contribution in [2.24, 2.45) is 0 Å². The van der Waals surface area contributed by atoms with Crippen molar-refractivity contribution in [3.8, 4) is 5.75 Å². The van der Waals surface area contributed by atoms with Crippen molar-refractivity contribution in [1.82, 2.24) is 4.90 Å². The van der Waals surface area contributed by atoms with E-state index in [0.29, 0.717) is 11.4 Å². The summed E-state index contributed by atoms with van der Waals surface area (Å²) in [5.74, 6) is -1.08. The van der Waals surface area contributed by atoms with Gasteiger partial charge >= 0.3 is 0 Å². The molecule has 184 valence electrons. The molecule has 36 heavy (non-hydrogen) atoms. The molecule has 0 bridgehead atoms. The molecule has 4 rings (SSSR count).